The molecule has 1 heterocycles. The molecule has 2 rings (SSSR count). The van der Waals surface area contributed by atoms with Gasteiger partial charge < -0.3 is 5.32 Å². The molecule has 1 saturated carbocycles. The molecule has 2 atom stereocenters. The van der Waals surface area contributed by atoms with E-state index in [1.54, 1.807) is 0 Å². The summed E-state index contributed by atoms with van der Waals surface area (Å²) in [6.07, 6.45) is 4.99. The standard InChI is InChI=1S/C12H24N2OS/c1-11(2,3)16(15)14-10-4-5-12(10)6-8-13-9-7-12/h10,13-14H,4-9H2,1-3H3. The average molecular weight is 244 g/mol. The van der Waals surface area contributed by atoms with E-state index in [0.29, 0.717) is 11.5 Å². The molecule has 0 bridgehead atoms. The van der Waals surface area contributed by atoms with Crippen molar-refractivity contribution in [2.24, 2.45) is 5.41 Å². The summed E-state index contributed by atoms with van der Waals surface area (Å²) in [7, 11) is -0.914. The van der Waals surface area contributed by atoms with Crippen molar-refractivity contribution in [3.8, 4) is 0 Å². The summed E-state index contributed by atoms with van der Waals surface area (Å²) in [4.78, 5) is 0. The first-order valence-corrected chi connectivity index (χ1v) is 7.48. The van der Waals surface area contributed by atoms with Crippen molar-refractivity contribution in [3.05, 3.63) is 0 Å². The molecular formula is C12H24N2OS. The van der Waals surface area contributed by atoms with Gasteiger partial charge in [0, 0.05) is 6.04 Å². The van der Waals surface area contributed by atoms with Crippen LogP contribution in [0.1, 0.15) is 46.5 Å². The highest BCUT2D eigenvalue weighted by atomic mass is 32.2. The van der Waals surface area contributed by atoms with E-state index in [9.17, 15) is 4.21 Å². The van der Waals surface area contributed by atoms with Crippen LogP contribution in [0.25, 0.3) is 0 Å². The molecule has 0 aromatic rings. The first-order valence-electron chi connectivity index (χ1n) is 6.33. The molecule has 1 aliphatic heterocycles. The summed E-state index contributed by atoms with van der Waals surface area (Å²) in [6, 6.07) is 0.481. The van der Waals surface area contributed by atoms with Crippen LogP contribution in [0.5, 0.6) is 0 Å². The van der Waals surface area contributed by atoms with Crippen LogP contribution in [0.4, 0.5) is 0 Å². The highest BCUT2D eigenvalue weighted by Gasteiger charge is 2.47. The van der Waals surface area contributed by atoms with Crippen molar-refractivity contribution >= 4 is 11.0 Å². The molecule has 2 fully saturated rings. The molecule has 1 saturated heterocycles. The molecule has 2 N–H and O–H groups in total. The normalized spacial score (nSPS) is 31.1. The average Bonchev–Trinajstić information content (AvgIpc) is 2.24. The van der Waals surface area contributed by atoms with E-state index in [1.165, 1.54) is 25.7 Å². The van der Waals surface area contributed by atoms with Crippen molar-refractivity contribution in [1.29, 1.82) is 0 Å². The Morgan fingerprint density at radius 3 is 2.31 bits per heavy atom. The third kappa shape index (κ3) is 2.34. The van der Waals surface area contributed by atoms with Crippen LogP contribution in [0.15, 0.2) is 0 Å². The number of hydrogen-bond acceptors (Lipinski definition) is 2. The molecule has 0 aromatic carbocycles. The molecule has 1 aliphatic carbocycles. The van der Waals surface area contributed by atoms with E-state index in [1.807, 2.05) is 20.8 Å². The zero-order valence-corrected chi connectivity index (χ0v) is 11.5. The number of piperidine rings is 1. The van der Waals surface area contributed by atoms with Gasteiger partial charge in [-0.1, -0.05) is 0 Å². The van der Waals surface area contributed by atoms with Gasteiger partial charge in [-0.05, 0) is 65.0 Å². The van der Waals surface area contributed by atoms with Gasteiger partial charge in [-0.2, -0.15) is 0 Å². The predicted molar refractivity (Wildman–Crippen MR) is 68.6 cm³/mol. The Labute approximate surface area is 101 Å². The third-order valence-electron chi connectivity index (χ3n) is 4.07. The Morgan fingerprint density at radius 1 is 1.25 bits per heavy atom. The minimum atomic E-state index is -0.914. The number of hydrogen-bond donors (Lipinski definition) is 2. The van der Waals surface area contributed by atoms with Crippen molar-refractivity contribution in [3.63, 3.8) is 0 Å². The van der Waals surface area contributed by atoms with Crippen LogP contribution >= 0.6 is 0 Å². The predicted octanol–water partition coefficient (Wildman–Crippen LogP) is 1.57. The van der Waals surface area contributed by atoms with Gasteiger partial charge in [-0.15, -0.1) is 0 Å². The Morgan fingerprint density at radius 2 is 1.88 bits per heavy atom. The SMILES string of the molecule is CC(C)(C)S(=O)NC1CCC12CCNCC2. The molecule has 16 heavy (non-hydrogen) atoms. The van der Waals surface area contributed by atoms with Gasteiger partial charge in [0.1, 0.15) is 0 Å². The first-order chi connectivity index (χ1) is 7.44. The van der Waals surface area contributed by atoms with E-state index in [-0.39, 0.29) is 4.75 Å². The summed E-state index contributed by atoms with van der Waals surface area (Å²) in [5.74, 6) is 0. The molecule has 2 aliphatic rings. The van der Waals surface area contributed by atoms with E-state index in [0.717, 1.165) is 13.1 Å². The Balaban J connectivity index is 1.93. The van der Waals surface area contributed by atoms with Crippen LogP contribution in [0.2, 0.25) is 0 Å². The van der Waals surface area contributed by atoms with Gasteiger partial charge in [0.15, 0.2) is 0 Å². The van der Waals surface area contributed by atoms with Crippen molar-refractivity contribution in [2.45, 2.75) is 57.2 Å². The molecule has 3 nitrogen and oxygen atoms in total. The molecule has 4 heteroatoms. The second kappa shape index (κ2) is 4.39. The number of nitrogens with one attached hydrogen (secondary N) is 2. The maximum absolute atomic E-state index is 12.1. The van der Waals surface area contributed by atoms with Gasteiger partial charge in [0.2, 0.25) is 0 Å². The third-order valence-corrected chi connectivity index (χ3v) is 5.69. The van der Waals surface area contributed by atoms with Gasteiger partial charge in [-0.25, -0.2) is 8.93 Å². The lowest BCUT2D eigenvalue weighted by Crippen LogP contribution is -2.59. The quantitative estimate of drug-likeness (QED) is 0.774. The smallest absolute Gasteiger partial charge is 0.0972 e. The summed E-state index contributed by atoms with van der Waals surface area (Å²) < 4.78 is 15.3. The molecule has 0 aromatic heterocycles. The highest BCUT2D eigenvalue weighted by Crippen LogP contribution is 2.48. The first kappa shape index (κ1) is 12.5. The molecule has 0 radical (unpaired) electrons. The number of rotatable bonds is 2. The van der Waals surface area contributed by atoms with Crippen LogP contribution in [0.3, 0.4) is 0 Å². The Bertz CT molecular complexity index is 279. The van der Waals surface area contributed by atoms with Crippen molar-refractivity contribution in [2.75, 3.05) is 13.1 Å². The molecular weight excluding hydrogens is 220 g/mol. The lowest BCUT2D eigenvalue weighted by Gasteiger charge is -2.52. The van der Waals surface area contributed by atoms with Gasteiger partial charge in [0.05, 0.1) is 15.7 Å². The fourth-order valence-corrected chi connectivity index (χ4v) is 3.69. The summed E-state index contributed by atoms with van der Waals surface area (Å²) in [5, 5.41) is 3.41. The maximum atomic E-state index is 12.1. The van der Waals surface area contributed by atoms with Crippen molar-refractivity contribution < 1.29 is 4.21 Å². The van der Waals surface area contributed by atoms with Gasteiger partial charge in [0.25, 0.3) is 0 Å². The van der Waals surface area contributed by atoms with E-state index in [4.69, 9.17) is 0 Å². The monoisotopic (exact) mass is 244 g/mol. The summed E-state index contributed by atoms with van der Waals surface area (Å²) in [5.41, 5.74) is 0.451. The van der Waals surface area contributed by atoms with E-state index < -0.39 is 11.0 Å². The lowest BCUT2D eigenvalue weighted by atomic mass is 9.60. The lowest BCUT2D eigenvalue weighted by molar-refractivity contribution is 0.0443. The molecule has 2 unspecified atom stereocenters. The minimum Gasteiger partial charge on any atom is -0.317 e. The molecule has 94 valence electrons. The molecule has 0 amide bonds. The van der Waals surface area contributed by atoms with Crippen LogP contribution in [-0.2, 0) is 11.0 Å². The Hall–Kier alpha value is 0.0700. The van der Waals surface area contributed by atoms with Gasteiger partial charge >= 0.3 is 0 Å². The van der Waals surface area contributed by atoms with Crippen LogP contribution in [0, 0.1) is 5.41 Å². The van der Waals surface area contributed by atoms with E-state index in [2.05, 4.69) is 10.0 Å². The fourth-order valence-electron chi connectivity index (χ4n) is 2.71. The van der Waals surface area contributed by atoms with Gasteiger partial charge in [-0.3, -0.25) is 0 Å². The fraction of sp³-hybridized carbons (Fsp3) is 1.00. The zero-order chi connectivity index (χ0) is 11.8. The summed E-state index contributed by atoms with van der Waals surface area (Å²) >= 11 is 0. The maximum Gasteiger partial charge on any atom is 0.0972 e. The second-order valence-corrected chi connectivity index (χ2v) is 8.20. The van der Waals surface area contributed by atoms with E-state index >= 15 is 0 Å². The molecule has 1 spiro atoms. The largest absolute Gasteiger partial charge is 0.317 e. The second-order valence-electron chi connectivity index (χ2n) is 6.20. The topological polar surface area (TPSA) is 41.1 Å². The zero-order valence-electron chi connectivity index (χ0n) is 10.6. The highest BCUT2D eigenvalue weighted by molar-refractivity contribution is 7.84. The Kier molecular flexibility index (Phi) is 3.44. The minimum absolute atomic E-state index is 0.149. The van der Waals surface area contributed by atoms with Crippen molar-refractivity contribution in [1.82, 2.24) is 10.0 Å². The van der Waals surface area contributed by atoms with Crippen LogP contribution < -0.4 is 10.0 Å². The van der Waals surface area contributed by atoms with Crippen LogP contribution in [-0.4, -0.2) is 28.1 Å². The summed E-state index contributed by atoms with van der Waals surface area (Å²) in [6.45, 7) is 8.35.